The number of carbonyl (C=O) groups excluding carboxylic acids is 1. The summed E-state index contributed by atoms with van der Waals surface area (Å²) in [6.45, 7) is 6.15. The fourth-order valence-electron chi connectivity index (χ4n) is 3.39. The lowest BCUT2D eigenvalue weighted by Crippen LogP contribution is -2.44. The first-order valence-electron chi connectivity index (χ1n) is 10.1. The summed E-state index contributed by atoms with van der Waals surface area (Å²) in [7, 11) is -1.44. The molecule has 1 N–H and O–H groups in total. The molecule has 1 fully saturated rings. The molecule has 30 heavy (non-hydrogen) atoms. The van der Waals surface area contributed by atoms with E-state index in [0.717, 1.165) is 47.9 Å². The fraction of sp³-hybridized carbons (Fsp3) is 0.409. The Morgan fingerprint density at radius 3 is 2.17 bits per heavy atom. The molecule has 162 valence electrons. The Morgan fingerprint density at radius 2 is 1.60 bits per heavy atom. The molecule has 0 unspecified atom stereocenters. The van der Waals surface area contributed by atoms with E-state index in [1.807, 2.05) is 31.2 Å². The Morgan fingerprint density at radius 1 is 1.00 bits per heavy atom. The Labute approximate surface area is 179 Å². The molecule has 0 saturated carbocycles. The zero-order valence-corrected chi connectivity index (χ0v) is 18.7. The van der Waals surface area contributed by atoms with E-state index in [-0.39, 0.29) is 12.5 Å². The zero-order chi connectivity index (χ0) is 21.7. The number of nitrogens with zero attached hydrogens (tertiary/aromatic N) is 3. The van der Waals surface area contributed by atoms with Gasteiger partial charge in [0.25, 0.3) is 0 Å². The predicted octanol–water partition coefficient (Wildman–Crippen LogP) is 1.83. The minimum atomic E-state index is -3.57. The Hall–Kier alpha value is -2.58. The zero-order valence-electron chi connectivity index (χ0n) is 17.8. The maximum Gasteiger partial charge on any atom is 0.241 e. The highest BCUT2D eigenvalue weighted by molar-refractivity contribution is 7.92. The van der Waals surface area contributed by atoms with Gasteiger partial charge in [-0.15, -0.1) is 0 Å². The number of sulfonamides is 1. The molecule has 2 aromatic rings. The van der Waals surface area contributed by atoms with Crippen LogP contribution >= 0.6 is 0 Å². The average molecular weight is 431 g/mol. The summed E-state index contributed by atoms with van der Waals surface area (Å²) < 4.78 is 25.5. The Kier molecular flexibility index (Phi) is 6.99. The number of hydrogen-bond donors (Lipinski definition) is 1. The van der Waals surface area contributed by atoms with Gasteiger partial charge in [-0.3, -0.25) is 9.10 Å². The second-order valence-electron chi connectivity index (χ2n) is 7.84. The molecular weight excluding hydrogens is 400 g/mol. The van der Waals surface area contributed by atoms with Crippen LogP contribution in [-0.4, -0.2) is 65.3 Å². The molecule has 7 nitrogen and oxygen atoms in total. The maximum absolute atomic E-state index is 12.4. The quantitative estimate of drug-likeness (QED) is 0.726. The number of nitrogens with one attached hydrogen (secondary N) is 1. The third-order valence-electron chi connectivity index (χ3n) is 5.30. The highest BCUT2D eigenvalue weighted by atomic mass is 32.2. The molecule has 0 aromatic heterocycles. The first kappa shape index (κ1) is 22.1. The largest absolute Gasteiger partial charge is 0.369 e. The summed E-state index contributed by atoms with van der Waals surface area (Å²) in [5.41, 5.74) is 3.66. The normalized spacial score (nSPS) is 15.1. The summed E-state index contributed by atoms with van der Waals surface area (Å²) in [4.78, 5) is 17.1. The highest BCUT2D eigenvalue weighted by Gasteiger charge is 2.20. The molecule has 0 radical (unpaired) electrons. The van der Waals surface area contributed by atoms with Crippen molar-refractivity contribution >= 4 is 27.3 Å². The summed E-state index contributed by atoms with van der Waals surface area (Å²) in [5.74, 6) is -0.343. The van der Waals surface area contributed by atoms with Crippen molar-refractivity contribution in [1.82, 2.24) is 10.2 Å². The standard InChI is InChI=1S/C22H30N4O3S/c1-18-4-8-21(9-5-18)26(30(3,28)29)17-22(27)23-16-19-6-10-20(11-7-19)25-14-12-24(2)13-15-25/h4-11H,12-17H2,1-3H3,(H,23,27). The van der Waals surface area contributed by atoms with Gasteiger partial charge in [0.2, 0.25) is 15.9 Å². The van der Waals surface area contributed by atoms with Crippen molar-refractivity contribution < 1.29 is 13.2 Å². The number of anilines is 2. The van der Waals surface area contributed by atoms with Crippen molar-refractivity contribution in [3.63, 3.8) is 0 Å². The lowest BCUT2D eigenvalue weighted by molar-refractivity contribution is -0.119. The Bertz CT molecular complexity index is 951. The number of aryl methyl sites for hydroxylation is 1. The van der Waals surface area contributed by atoms with Crippen LogP contribution in [-0.2, 0) is 21.4 Å². The van der Waals surface area contributed by atoms with Gasteiger partial charge in [0.1, 0.15) is 6.54 Å². The van der Waals surface area contributed by atoms with Crippen LogP contribution in [0.3, 0.4) is 0 Å². The van der Waals surface area contributed by atoms with E-state index in [1.165, 1.54) is 5.69 Å². The van der Waals surface area contributed by atoms with E-state index in [2.05, 4.69) is 34.3 Å². The van der Waals surface area contributed by atoms with Crippen LogP contribution in [0.1, 0.15) is 11.1 Å². The Balaban J connectivity index is 1.57. The molecule has 1 aliphatic rings. The molecule has 2 aromatic carbocycles. The number of piperazine rings is 1. The lowest BCUT2D eigenvalue weighted by atomic mass is 10.1. The SMILES string of the molecule is Cc1ccc(N(CC(=O)NCc2ccc(N3CCN(C)CC3)cc2)S(C)(=O)=O)cc1. The maximum atomic E-state index is 12.4. The smallest absolute Gasteiger partial charge is 0.241 e. The third-order valence-corrected chi connectivity index (χ3v) is 6.44. The molecule has 1 aliphatic heterocycles. The molecule has 8 heteroatoms. The van der Waals surface area contributed by atoms with E-state index >= 15 is 0 Å². The van der Waals surface area contributed by atoms with Gasteiger partial charge in [-0.1, -0.05) is 29.8 Å². The van der Waals surface area contributed by atoms with E-state index in [4.69, 9.17) is 0 Å². The molecule has 1 heterocycles. The number of benzene rings is 2. The molecule has 1 saturated heterocycles. The molecule has 1 amide bonds. The molecule has 0 atom stereocenters. The summed E-state index contributed by atoms with van der Waals surface area (Å²) >= 11 is 0. The first-order chi connectivity index (χ1) is 14.2. The van der Waals surface area contributed by atoms with E-state index in [0.29, 0.717) is 12.2 Å². The molecule has 0 bridgehead atoms. The fourth-order valence-corrected chi connectivity index (χ4v) is 4.24. The first-order valence-corrected chi connectivity index (χ1v) is 11.9. The van der Waals surface area contributed by atoms with Gasteiger partial charge < -0.3 is 15.1 Å². The van der Waals surface area contributed by atoms with E-state index in [1.54, 1.807) is 12.1 Å². The second kappa shape index (κ2) is 9.49. The van der Waals surface area contributed by atoms with E-state index in [9.17, 15) is 13.2 Å². The highest BCUT2D eigenvalue weighted by Crippen LogP contribution is 2.19. The number of amides is 1. The van der Waals surface area contributed by atoms with Crippen molar-refractivity contribution in [3.8, 4) is 0 Å². The van der Waals surface area contributed by atoms with Gasteiger partial charge >= 0.3 is 0 Å². The topological polar surface area (TPSA) is 73.0 Å². The summed E-state index contributed by atoms with van der Waals surface area (Å²) in [6.07, 6.45) is 1.11. The van der Waals surface area contributed by atoms with Crippen molar-refractivity contribution in [2.75, 3.05) is 55.2 Å². The van der Waals surface area contributed by atoms with Crippen molar-refractivity contribution in [3.05, 3.63) is 59.7 Å². The number of hydrogen-bond acceptors (Lipinski definition) is 5. The van der Waals surface area contributed by atoms with Gasteiger partial charge in [0.05, 0.1) is 11.9 Å². The summed E-state index contributed by atoms with van der Waals surface area (Å²) in [5, 5.41) is 2.82. The number of likely N-dealkylation sites (N-methyl/N-ethyl adjacent to an activating group) is 1. The van der Waals surface area contributed by atoms with Gasteiger partial charge in [0.15, 0.2) is 0 Å². The second-order valence-corrected chi connectivity index (χ2v) is 9.75. The molecular formula is C22H30N4O3S. The lowest BCUT2D eigenvalue weighted by Gasteiger charge is -2.34. The van der Waals surface area contributed by atoms with Crippen molar-refractivity contribution in [2.24, 2.45) is 0 Å². The van der Waals surface area contributed by atoms with Gasteiger partial charge in [0, 0.05) is 38.4 Å². The molecule has 3 rings (SSSR count). The van der Waals surface area contributed by atoms with Crippen LogP contribution in [0.2, 0.25) is 0 Å². The van der Waals surface area contributed by atoms with Crippen LogP contribution in [0.15, 0.2) is 48.5 Å². The molecule has 0 spiro atoms. The average Bonchev–Trinajstić information content (AvgIpc) is 2.71. The van der Waals surface area contributed by atoms with E-state index < -0.39 is 10.0 Å². The minimum absolute atomic E-state index is 0.249. The van der Waals surface area contributed by atoms with Gasteiger partial charge in [-0.25, -0.2) is 8.42 Å². The predicted molar refractivity (Wildman–Crippen MR) is 121 cm³/mol. The molecule has 0 aliphatic carbocycles. The monoisotopic (exact) mass is 430 g/mol. The third kappa shape index (κ3) is 5.96. The number of carbonyl (C=O) groups is 1. The van der Waals surface area contributed by atoms with Gasteiger partial charge in [-0.05, 0) is 43.8 Å². The van der Waals surface area contributed by atoms with Gasteiger partial charge in [-0.2, -0.15) is 0 Å². The van der Waals surface area contributed by atoms with Crippen LogP contribution < -0.4 is 14.5 Å². The van der Waals surface area contributed by atoms with Crippen LogP contribution in [0.4, 0.5) is 11.4 Å². The minimum Gasteiger partial charge on any atom is -0.369 e. The van der Waals surface area contributed by atoms with Crippen LogP contribution in [0, 0.1) is 6.92 Å². The van der Waals surface area contributed by atoms with Crippen LogP contribution in [0.5, 0.6) is 0 Å². The van der Waals surface area contributed by atoms with Crippen LogP contribution in [0.25, 0.3) is 0 Å². The number of rotatable bonds is 7. The van der Waals surface area contributed by atoms with Crippen molar-refractivity contribution in [1.29, 1.82) is 0 Å². The van der Waals surface area contributed by atoms with Crippen molar-refractivity contribution in [2.45, 2.75) is 13.5 Å². The summed E-state index contributed by atoms with van der Waals surface area (Å²) in [6, 6.07) is 15.2.